The van der Waals surface area contributed by atoms with Crippen LogP contribution < -0.4 is 9.80 Å². The average Bonchev–Trinajstić information content (AvgIpc) is 3.09. The molecular formula is C16H19N7O2S. The Hall–Kier alpha value is -2.75. The molecule has 3 aromatic heterocycles. The number of hydrogen-bond donors (Lipinski definition) is 0. The zero-order chi connectivity index (χ0) is 18.3. The van der Waals surface area contributed by atoms with Crippen LogP contribution >= 0.6 is 0 Å². The largest absolute Gasteiger partial charge is 0.353 e. The Balaban J connectivity index is 1.60. The molecule has 4 rings (SSSR count). The molecule has 0 saturated carbocycles. The molecule has 4 heterocycles. The van der Waals surface area contributed by atoms with Crippen molar-refractivity contribution in [2.75, 3.05) is 42.2 Å². The predicted octanol–water partition coefficient (Wildman–Crippen LogP) is 0.558. The number of rotatable bonds is 3. The minimum absolute atomic E-state index is 0.270. The van der Waals surface area contributed by atoms with Gasteiger partial charge in [-0.25, -0.2) is 18.4 Å². The second-order valence-electron chi connectivity index (χ2n) is 6.30. The maximum absolute atomic E-state index is 12.0. The second kappa shape index (κ2) is 6.20. The summed E-state index contributed by atoms with van der Waals surface area (Å²) in [5.41, 5.74) is 0.881. The Kier molecular flexibility index (Phi) is 3.98. The van der Waals surface area contributed by atoms with E-state index in [0.717, 1.165) is 24.6 Å². The van der Waals surface area contributed by atoms with E-state index in [-0.39, 0.29) is 4.90 Å². The van der Waals surface area contributed by atoms with Crippen LogP contribution in [0.4, 0.5) is 11.6 Å². The summed E-state index contributed by atoms with van der Waals surface area (Å²) in [7, 11) is -3.32. The molecule has 0 aromatic carbocycles. The Morgan fingerprint density at radius 3 is 2.54 bits per heavy atom. The van der Waals surface area contributed by atoms with Gasteiger partial charge in [0.1, 0.15) is 22.9 Å². The summed E-state index contributed by atoms with van der Waals surface area (Å²) in [5.74, 6) is 2.03. The third-order valence-corrected chi connectivity index (χ3v) is 5.53. The van der Waals surface area contributed by atoms with Crippen LogP contribution in [-0.2, 0) is 9.84 Å². The molecule has 3 aromatic rings. The smallest absolute Gasteiger partial charge is 0.254 e. The van der Waals surface area contributed by atoms with Gasteiger partial charge in [0.25, 0.3) is 5.78 Å². The fourth-order valence-electron chi connectivity index (χ4n) is 3.19. The summed E-state index contributed by atoms with van der Waals surface area (Å²) in [6.07, 6.45) is 4.33. The highest BCUT2D eigenvalue weighted by molar-refractivity contribution is 7.90. The van der Waals surface area contributed by atoms with Crippen LogP contribution in [0, 0.1) is 6.92 Å². The standard InChI is InChI=1S/C16H19N7O2S/c1-12-10-14(23-16(20-12)18-11-19-23)21-6-8-22(9-7-21)15-13(26(2,24)25)4-3-5-17-15/h3-5,10-11H,6-9H2,1-2H3. The van der Waals surface area contributed by atoms with E-state index >= 15 is 0 Å². The topological polar surface area (TPSA) is 96.6 Å². The van der Waals surface area contributed by atoms with Crippen molar-refractivity contribution in [1.82, 2.24) is 24.6 Å². The third kappa shape index (κ3) is 2.96. The van der Waals surface area contributed by atoms with Gasteiger partial charge in [-0.05, 0) is 19.1 Å². The maximum Gasteiger partial charge on any atom is 0.254 e. The lowest BCUT2D eigenvalue weighted by Crippen LogP contribution is -2.47. The van der Waals surface area contributed by atoms with Crippen LogP contribution in [0.2, 0.25) is 0 Å². The van der Waals surface area contributed by atoms with E-state index in [0.29, 0.717) is 24.7 Å². The second-order valence-corrected chi connectivity index (χ2v) is 8.28. The lowest BCUT2D eigenvalue weighted by atomic mass is 10.3. The van der Waals surface area contributed by atoms with Crippen molar-refractivity contribution in [3.63, 3.8) is 0 Å². The average molecular weight is 373 g/mol. The molecule has 1 aliphatic rings. The van der Waals surface area contributed by atoms with Crippen molar-refractivity contribution in [1.29, 1.82) is 0 Å². The van der Waals surface area contributed by atoms with Crippen LogP contribution in [-0.4, -0.2) is 65.4 Å². The van der Waals surface area contributed by atoms with Crippen LogP contribution in [0.1, 0.15) is 5.69 Å². The minimum Gasteiger partial charge on any atom is -0.353 e. The molecule has 0 atom stereocenters. The van der Waals surface area contributed by atoms with E-state index in [1.54, 1.807) is 22.8 Å². The molecule has 26 heavy (non-hydrogen) atoms. The molecule has 10 heteroatoms. The molecule has 0 aliphatic carbocycles. The van der Waals surface area contributed by atoms with Crippen LogP contribution in [0.15, 0.2) is 35.6 Å². The van der Waals surface area contributed by atoms with Crippen molar-refractivity contribution >= 4 is 27.3 Å². The summed E-state index contributed by atoms with van der Waals surface area (Å²) in [4.78, 5) is 17.3. The fourth-order valence-corrected chi connectivity index (χ4v) is 4.03. The summed E-state index contributed by atoms with van der Waals surface area (Å²) >= 11 is 0. The molecule has 136 valence electrons. The summed E-state index contributed by atoms with van der Waals surface area (Å²) in [5, 5.41) is 4.25. The van der Waals surface area contributed by atoms with Crippen LogP contribution in [0.5, 0.6) is 0 Å². The van der Waals surface area contributed by atoms with E-state index in [2.05, 4.69) is 25.0 Å². The van der Waals surface area contributed by atoms with Crippen molar-refractivity contribution in [3.05, 3.63) is 36.4 Å². The molecule has 0 spiro atoms. The normalized spacial score (nSPS) is 15.6. The van der Waals surface area contributed by atoms with Gasteiger partial charge in [-0.3, -0.25) is 0 Å². The maximum atomic E-state index is 12.0. The fraction of sp³-hybridized carbons (Fsp3) is 0.375. The van der Waals surface area contributed by atoms with Crippen molar-refractivity contribution in [2.45, 2.75) is 11.8 Å². The van der Waals surface area contributed by atoms with Gasteiger partial charge in [0, 0.05) is 50.4 Å². The Morgan fingerprint density at radius 1 is 1.08 bits per heavy atom. The molecule has 1 fully saturated rings. The van der Waals surface area contributed by atoms with Gasteiger partial charge in [0.05, 0.1) is 0 Å². The molecule has 9 nitrogen and oxygen atoms in total. The van der Waals surface area contributed by atoms with Gasteiger partial charge in [-0.1, -0.05) is 0 Å². The van der Waals surface area contributed by atoms with Gasteiger partial charge in [0.15, 0.2) is 9.84 Å². The van der Waals surface area contributed by atoms with E-state index < -0.39 is 9.84 Å². The molecular weight excluding hydrogens is 354 g/mol. The predicted molar refractivity (Wildman–Crippen MR) is 97.3 cm³/mol. The first-order valence-electron chi connectivity index (χ1n) is 8.26. The molecule has 0 N–H and O–H groups in total. The zero-order valence-corrected chi connectivity index (χ0v) is 15.4. The van der Waals surface area contributed by atoms with E-state index in [1.807, 2.05) is 17.9 Å². The highest BCUT2D eigenvalue weighted by atomic mass is 32.2. The summed E-state index contributed by atoms with van der Waals surface area (Å²) in [6, 6.07) is 5.24. The number of anilines is 2. The molecule has 0 amide bonds. The van der Waals surface area contributed by atoms with Crippen molar-refractivity contribution in [2.24, 2.45) is 0 Å². The van der Waals surface area contributed by atoms with Gasteiger partial charge in [-0.15, -0.1) is 0 Å². The van der Waals surface area contributed by atoms with E-state index in [9.17, 15) is 8.42 Å². The number of sulfone groups is 1. The number of aryl methyl sites for hydroxylation is 1. The van der Waals surface area contributed by atoms with E-state index in [1.165, 1.54) is 12.6 Å². The highest BCUT2D eigenvalue weighted by Crippen LogP contribution is 2.25. The Labute approximate surface area is 151 Å². The molecule has 0 unspecified atom stereocenters. The summed E-state index contributed by atoms with van der Waals surface area (Å²) < 4.78 is 25.8. The quantitative estimate of drug-likeness (QED) is 0.657. The third-order valence-electron chi connectivity index (χ3n) is 4.41. The van der Waals surface area contributed by atoms with Crippen LogP contribution in [0.3, 0.4) is 0 Å². The summed E-state index contributed by atoms with van der Waals surface area (Å²) in [6.45, 7) is 4.70. The first-order valence-corrected chi connectivity index (χ1v) is 10.1. The number of pyridine rings is 1. The number of hydrogen-bond acceptors (Lipinski definition) is 8. The van der Waals surface area contributed by atoms with Gasteiger partial charge in [0.2, 0.25) is 0 Å². The molecule has 1 saturated heterocycles. The van der Waals surface area contributed by atoms with E-state index in [4.69, 9.17) is 0 Å². The number of aromatic nitrogens is 5. The highest BCUT2D eigenvalue weighted by Gasteiger charge is 2.25. The van der Waals surface area contributed by atoms with Gasteiger partial charge in [-0.2, -0.15) is 14.6 Å². The minimum atomic E-state index is -3.32. The van der Waals surface area contributed by atoms with Crippen molar-refractivity contribution < 1.29 is 8.42 Å². The monoisotopic (exact) mass is 373 g/mol. The Bertz CT molecular complexity index is 1060. The number of fused-ring (bicyclic) bond motifs is 1. The first kappa shape index (κ1) is 16.7. The zero-order valence-electron chi connectivity index (χ0n) is 14.6. The van der Waals surface area contributed by atoms with Crippen molar-refractivity contribution in [3.8, 4) is 0 Å². The lowest BCUT2D eigenvalue weighted by Gasteiger charge is -2.37. The molecule has 0 radical (unpaired) electrons. The lowest BCUT2D eigenvalue weighted by molar-refractivity contribution is 0.597. The number of nitrogens with zero attached hydrogens (tertiary/aromatic N) is 7. The Morgan fingerprint density at radius 2 is 1.81 bits per heavy atom. The van der Waals surface area contributed by atoms with Gasteiger partial charge < -0.3 is 9.80 Å². The molecule has 1 aliphatic heterocycles. The SMILES string of the molecule is Cc1cc(N2CCN(c3ncccc3S(C)(=O)=O)CC2)n2ncnc2n1. The molecule has 0 bridgehead atoms. The van der Waals surface area contributed by atoms with Crippen LogP contribution in [0.25, 0.3) is 5.78 Å². The van der Waals surface area contributed by atoms with Gasteiger partial charge >= 0.3 is 0 Å². The number of piperazine rings is 1. The first-order chi connectivity index (χ1) is 12.4.